The van der Waals surface area contributed by atoms with E-state index in [1.807, 2.05) is 20.8 Å². The summed E-state index contributed by atoms with van der Waals surface area (Å²) < 4.78 is 5.25. The highest BCUT2D eigenvalue weighted by Gasteiger charge is 2.33. The lowest BCUT2D eigenvalue weighted by Crippen LogP contribution is -2.49. The summed E-state index contributed by atoms with van der Waals surface area (Å²) in [7, 11) is 1.76. The van der Waals surface area contributed by atoms with E-state index >= 15 is 0 Å². The van der Waals surface area contributed by atoms with E-state index in [0.29, 0.717) is 36.5 Å². The van der Waals surface area contributed by atoms with Gasteiger partial charge >= 0.3 is 6.09 Å². The van der Waals surface area contributed by atoms with Crippen LogP contribution in [0, 0.1) is 11.3 Å². The molecule has 0 aromatic heterocycles. The average Bonchev–Trinajstić information content (AvgIpc) is 2.86. The second-order valence-corrected chi connectivity index (χ2v) is 8.06. The first-order chi connectivity index (χ1) is 11.2. The molecule has 0 radical (unpaired) electrons. The van der Waals surface area contributed by atoms with Gasteiger partial charge in [0.2, 0.25) is 0 Å². The Hall–Kier alpha value is -1.50. The maximum Gasteiger partial charge on any atom is 0.407 e. The molecule has 2 aliphatic carbocycles. The zero-order valence-electron chi connectivity index (χ0n) is 15.4. The van der Waals surface area contributed by atoms with Crippen molar-refractivity contribution in [3.8, 4) is 0 Å². The fourth-order valence-electron chi connectivity index (χ4n) is 3.45. The molecule has 0 saturated heterocycles. The summed E-state index contributed by atoms with van der Waals surface area (Å²) in [5.74, 6) is 0.945. The van der Waals surface area contributed by atoms with Crippen molar-refractivity contribution < 1.29 is 9.53 Å². The van der Waals surface area contributed by atoms with Crippen LogP contribution < -0.4 is 21.3 Å². The van der Waals surface area contributed by atoms with Crippen LogP contribution in [0.1, 0.15) is 52.9 Å². The molecule has 0 bridgehead atoms. The van der Waals surface area contributed by atoms with E-state index in [-0.39, 0.29) is 6.09 Å². The number of amides is 1. The SMILES string of the molecule is CNC(=N)N[C@H]1CC[C@H](NC2CC(CNC(=O)OC(C)(C)C)C2)C1. The maximum absolute atomic E-state index is 11.6. The molecule has 7 heteroatoms. The van der Waals surface area contributed by atoms with Gasteiger partial charge in [-0.1, -0.05) is 0 Å². The molecule has 2 atom stereocenters. The second-order valence-electron chi connectivity index (χ2n) is 8.06. The van der Waals surface area contributed by atoms with Crippen LogP contribution in [0.15, 0.2) is 0 Å². The number of hydrogen-bond donors (Lipinski definition) is 5. The summed E-state index contributed by atoms with van der Waals surface area (Å²) in [4.78, 5) is 11.6. The van der Waals surface area contributed by atoms with Gasteiger partial charge in [0.1, 0.15) is 5.60 Å². The molecule has 2 saturated carbocycles. The Bertz CT molecular complexity index is 443. The van der Waals surface area contributed by atoms with Crippen LogP contribution in [0.25, 0.3) is 0 Å². The largest absolute Gasteiger partial charge is 0.444 e. The number of carbonyl (C=O) groups excluding carboxylic acids is 1. The zero-order valence-corrected chi connectivity index (χ0v) is 15.4. The molecule has 0 aromatic rings. The van der Waals surface area contributed by atoms with Crippen molar-refractivity contribution in [1.82, 2.24) is 21.3 Å². The number of ether oxygens (including phenoxy) is 1. The molecule has 0 aliphatic heterocycles. The van der Waals surface area contributed by atoms with Gasteiger partial charge in [0, 0.05) is 31.7 Å². The number of nitrogens with one attached hydrogen (secondary N) is 5. The summed E-state index contributed by atoms with van der Waals surface area (Å²) in [6.07, 6.45) is 5.23. The van der Waals surface area contributed by atoms with E-state index in [2.05, 4.69) is 21.3 Å². The molecule has 0 spiro atoms. The molecule has 0 aromatic carbocycles. The maximum atomic E-state index is 11.6. The van der Waals surface area contributed by atoms with Crippen LogP contribution >= 0.6 is 0 Å². The van der Waals surface area contributed by atoms with Gasteiger partial charge in [-0.05, 0) is 58.8 Å². The van der Waals surface area contributed by atoms with Gasteiger partial charge in [0.25, 0.3) is 0 Å². The average molecular weight is 339 g/mol. The Morgan fingerprint density at radius 3 is 2.42 bits per heavy atom. The highest BCUT2D eigenvalue weighted by Crippen LogP contribution is 2.29. The molecule has 0 heterocycles. The Kier molecular flexibility index (Phi) is 6.32. The highest BCUT2D eigenvalue weighted by atomic mass is 16.6. The molecule has 138 valence electrons. The van der Waals surface area contributed by atoms with Gasteiger partial charge in [-0.25, -0.2) is 4.79 Å². The van der Waals surface area contributed by atoms with Crippen molar-refractivity contribution in [2.24, 2.45) is 5.92 Å². The number of alkyl carbamates (subject to hydrolysis) is 1. The minimum Gasteiger partial charge on any atom is -0.444 e. The van der Waals surface area contributed by atoms with E-state index in [0.717, 1.165) is 32.1 Å². The van der Waals surface area contributed by atoms with Crippen LogP contribution in [-0.4, -0.2) is 49.4 Å². The van der Waals surface area contributed by atoms with Gasteiger partial charge in [-0.3, -0.25) is 5.41 Å². The Labute approximate surface area is 145 Å². The van der Waals surface area contributed by atoms with E-state index in [1.54, 1.807) is 7.05 Å². The van der Waals surface area contributed by atoms with Gasteiger partial charge in [0.05, 0.1) is 0 Å². The van der Waals surface area contributed by atoms with E-state index in [1.165, 1.54) is 0 Å². The van der Waals surface area contributed by atoms with Crippen LogP contribution in [0.2, 0.25) is 0 Å². The zero-order chi connectivity index (χ0) is 17.7. The first kappa shape index (κ1) is 18.8. The quantitative estimate of drug-likeness (QED) is 0.387. The predicted octanol–water partition coefficient (Wildman–Crippen LogP) is 1.54. The van der Waals surface area contributed by atoms with Crippen molar-refractivity contribution in [2.75, 3.05) is 13.6 Å². The van der Waals surface area contributed by atoms with E-state index < -0.39 is 5.60 Å². The number of rotatable bonds is 5. The van der Waals surface area contributed by atoms with Gasteiger partial charge in [-0.15, -0.1) is 0 Å². The summed E-state index contributed by atoms with van der Waals surface area (Å²) in [6.45, 7) is 6.31. The fourth-order valence-corrected chi connectivity index (χ4v) is 3.45. The standard InChI is InChI=1S/C17H33N5O2/c1-17(2,3)24-16(23)20-10-11-7-14(8-11)21-12-5-6-13(9-12)22-15(18)19-4/h11-14,21H,5-10H2,1-4H3,(H,20,23)(H3,18,19,22)/t11?,12-,13-,14?/m0/s1. The molecule has 24 heavy (non-hydrogen) atoms. The topological polar surface area (TPSA) is 98.3 Å². The monoisotopic (exact) mass is 339 g/mol. The summed E-state index contributed by atoms with van der Waals surface area (Å²) in [6, 6.07) is 1.49. The van der Waals surface area contributed by atoms with Crippen molar-refractivity contribution in [2.45, 2.75) is 76.6 Å². The third-order valence-electron chi connectivity index (χ3n) is 4.67. The first-order valence-electron chi connectivity index (χ1n) is 9.01. The van der Waals surface area contributed by atoms with Crippen LogP contribution in [-0.2, 0) is 4.74 Å². The van der Waals surface area contributed by atoms with E-state index in [4.69, 9.17) is 10.1 Å². The van der Waals surface area contributed by atoms with Crippen molar-refractivity contribution in [1.29, 1.82) is 5.41 Å². The fraction of sp³-hybridized carbons (Fsp3) is 0.882. The molecule has 5 N–H and O–H groups in total. The third kappa shape index (κ3) is 6.19. The second kappa shape index (κ2) is 8.05. The van der Waals surface area contributed by atoms with E-state index in [9.17, 15) is 4.79 Å². The highest BCUT2D eigenvalue weighted by molar-refractivity contribution is 5.76. The lowest BCUT2D eigenvalue weighted by molar-refractivity contribution is 0.0502. The van der Waals surface area contributed by atoms with Gasteiger partial charge in [0.15, 0.2) is 5.96 Å². The molecule has 2 rings (SSSR count). The lowest BCUT2D eigenvalue weighted by atomic mass is 9.80. The lowest BCUT2D eigenvalue weighted by Gasteiger charge is -2.38. The van der Waals surface area contributed by atoms with Crippen LogP contribution in [0.3, 0.4) is 0 Å². The molecular weight excluding hydrogens is 306 g/mol. The predicted molar refractivity (Wildman–Crippen MR) is 95.2 cm³/mol. The molecule has 2 fully saturated rings. The minimum absolute atomic E-state index is 0.324. The van der Waals surface area contributed by atoms with Crippen LogP contribution in [0.5, 0.6) is 0 Å². The number of hydrogen-bond acceptors (Lipinski definition) is 4. The molecular formula is C17H33N5O2. The van der Waals surface area contributed by atoms with Gasteiger partial charge in [-0.2, -0.15) is 0 Å². The van der Waals surface area contributed by atoms with Crippen molar-refractivity contribution in [3.63, 3.8) is 0 Å². The third-order valence-corrected chi connectivity index (χ3v) is 4.67. The first-order valence-corrected chi connectivity index (χ1v) is 9.01. The minimum atomic E-state index is -0.440. The summed E-state index contributed by atoms with van der Waals surface area (Å²) >= 11 is 0. The molecule has 2 aliphatic rings. The summed E-state index contributed by atoms with van der Waals surface area (Å²) in [5.41, 5.74) is -0.440. The molecule has 7 nitrogen and oxygen atoms in total. The van der Waals surface area contributed by atoms with Gasteiger partial charge < -0.3 is 26.0 Å². The smallest absolute Gasteiger partial charge is 0.407 e. The number of guanidine groups is 1. The molecule has 1 amide bonds. The molecule has 0 unspecified atom stereocenters. The van der Waals surface area contributed by atoms with Crippen molar-refractivity contribution in [3.05, 3.63) is 0 Å². The normalized spacial score (nSPS) is 29.5. The Morgan fingerprint density at radius 1 is 1.12 bits per heavy atom. The Balaban J connectivity index is 1.56. The Morgan fingerprint density at radius 2 is 1.79 bits per heavy atom. The summed E-state index contributed by atoms with van der Waals surface area (Å²) in [5, 5.41) is 20.2. The van der Waals surface area contributed by atoms with Crippen molar-refractivity contribution >= 4 is 12.1 Å². The van der Waals surface area contributed by atoms with Crippen LogP contribution in [0.4, 0.5) is 4.79 Å². The number of carbonyl (C=O) groups is 1.